The van der Waals surface area contributed by atoms with Crippen LogP contribution in [0.2, 0.25) is 6.82 Å². The molecule has 0 amide bonds. The van der Waals surface area contributed by atoms with E-state index in [1.807, 2.05) is 12.5 Å². The third kappa shape index (κ3) is 6.70. The molecule has 0 spiro atoms. The Labute approximate surface area is 231 Å². The van der Waals surface area contributed by atoms with Crippen LogP contribution in [0.3, 0.4) is 0 Å². The molecule has 0 radical (unpaired) electrons. The van der Waals surface area contributed by atoms with Gasteiger partial charge in [0.15, 0.2) is 0 Å². The molecule has 0 aliphatic rings. The molecule has 0 N–H and O–H groups in total. The standard InChI is InChI=1S/C21H24N2Si.C13H13B/c1-18(2)13-16-24-21(23-15-14-22-17-23,19-9-5-3-6-10-19)20-11-7-4-8-12-20;1-14(12-8-4-2-5-9-12)13-10-6-3-7-11-13/h3-18H,24H2,1-2H3;2-11H,1H3. The van der Waals surface area contributed by atoms with Gasteiger partial charge >= 0.3 is 0 Å². The van der Waals surface area contributed by atoms with Crippen LogP contribution in [0, 0.1) is 5.92 Å². The average molecular weight is 513 g/mol. The minimum absolute atomic E-state index is 0.148. The van der Waals surface area contributed by atoms with Crippen molar-refractivity contribution >= 4 is 27.2 Å². The van der Waals surface area contributed by atoms with Gasteiger partial charge in [-0.25, -0.2) is 4.98 Å². The fourth-order valence-electron chi connectivity index (χ4n) is 4.91. The largest absolute Gasteiger partial charge is 0.326 e. The van der Waals surface area contributed by atoms with Crippen LogP contribution >= 0.6 is 0 Å². The highest BCUT2D eigenvalue weighted by atomic mass is 28.2. The van der Waals surface area contributed by atoms with Crippen molar-refractivity contribution in [3.63, 3.8) is 0 Å². The van der Waals surface area contributed by atoms with Crippen LogP contribution in [-0.2, 0) is 5.16 Å². The molecule has 5 rings (SSSR count). The molecule has 0 aliphatic heterocycles. The molecule has 5 aromatic rings. The van der Waals surface area contributed by atoms with Gasteiger partial charge in [0.1, 0.15) is 0 Å². The quantitative estimate of drug-likeness (QED) is 0.237. The number of hydrogen-bond acceptors (Lipinski definition) is 1. The van der Waals surface area contributed by atoms with Crippen LogP contribution in [0.15, 0.2) is 152 Å². The molecule has 2 nitrogen and oxygen atoms in total. The first-order valence-corrected chi connectivity index (χ1v) is 15.0. The molecule has 1 aromatic heterocycles. The van der Waals surface area contributed by atoms with E-state index in [4.69, 9.17) is 0 Å². The van der Waals surface area contributed by atoms with Gasteiger partial charge in [-0.1, -0.05) is 159 Å². The van der Waals surface area contributed by atoms with Crippen molar-refractivity contribution in [3.05, 3.63) is 163 Å². The van der Waals surface area contributed by atoms with Crippen LogP contribution in [0.5, 0.6) is 0 Å². The summed E-state index contributed by atoms with van der Waals surface area (Å²) >= 11 is 0. The van der Waals surface area contributed by atoms with Crippen molar-refractivity contribution in [2.45, 2.75) is 25.8 Å². The Morgan fingerprint density at radius 3 is 1.55 bits per heavy atom. The second kappa shape index (κ2) is 13.6. The predicted molar refractivity (Wildman–Crippen MR) is 168 cm³/mol. The first kappa shape index (κ1) is 27.2. The number of hydrogen-bond donors (Lipinski definition) is 0. The molecule has 0 saturated carbocycles. The van der Waals surface area contributed by atoms with E-state index in [1.54, 1.807) is 0 Å². The van der Waals surface area contributed by atoms with Crippen LogP contribution in [-0.4, -0.2) is 25.8 Å². The Morgan fingerprint density at radius 2 is 1.16 bits per heavy atom. The van der Waals surface area contributed by atoms with Gasteiger partial charge in [-0.05, 0) is 17.0 Å². The third-order valence-corrected chi connectivity index (χ3v) is 9.26. The van der Waals surface area contributed by atoms with Gasteiger partial charge < -0.3 is 4.57 Å². The summed E-state index contributed by atoms with van der Waals surface area (Å²) in [7, 11) is -0.647. The SMILES string of the molecule is CB(c1ccccc1)c1ccccc1.CC(C)C=C[SiH2]C(c1ccccc1)(c1ccccc1)n1ccnc1. The highest BCUT2D eigenvalue weighted by Crippen LogP contribution is 2.33. The lowest BCUT2D eigenvalue weighted by Gasteiger charge is -2.36. The molecule has 0 aliphatic carbocycles. The van der Waals surface area contributed by atoms with Gasteiger partial charge in [0.05, 0.1) is 21.0 Å². The second-order valence-electron chi connectivity index (χ2n) is 9.98. The summed E-state index contributed by atoms with van der Waals surface area (Å²) in [5, 5.41) is -0.148. The Morgan fingerprint density at radius 1 is 0.711 bits per heavy atom. The highest BCUT2D eigenvalue weighted by molar-refractivity contribution is 6.84. The van der Waals surface area contributed by atoms with E-state index in [-0.39, 0.29) is 5.16 Å². The minimum Gasteiger partial charge on any atom is -0.326 e. The summed E-state index contributed by atoms with van der Waals surface area (Å²) in [5.74, 6) is 0.574. The zero-order chi connectivity index (χ0) is 26.6. The molecule has 0 bridgehead atoms. The molecule has 0 unspecified atom stereocenters. The van der Waals surface area contributed by atoms with E-state index >= 15 is 0 Å². The van der Waals surface area contributed by atoms with Crippen molar-refractivity contribution in [1.29, 1.82) is 0 Å². The summed E-state index contributed by atoms with van der Waals surface area (Å²) in [6.45, 7) is 7.19. The molecule has 0 fully saturated rings. The topological polar surface area (TPSA) is 17.8 Å². The molecular formula is C34H37BN2Si. The van der Waals surface area contributed by atoms with Gasteiger partial charge in [0, 0.05) is 12.4 Å². The number of nitrogens with zero attached hydrogens (tertiary/aromatic N) is 2. The Hall–Kier alpha value is -3.89. The number of benzene rings is 4. The molecule has 190 valence electrons. The molecule has 0 atom stereocenters. The molecule has 0 saturated heterocycles. The predicted octanol–water partition coefficient (Wildman–Crippen LogP) is 5.90. The first-order chi connectivity index (χ1) is 18.6. The van der Waals surface area contributed by atoms with Crippen LogP contribution in [0.1, 0.15) is 25.0 Å². The Bertz CT molecular complexity index is 1270. The van der Waals surface area contributed by atoms with Gasteiger partial charge in [0.2, 0.25) is 6.71 Å². The normalized spacial score (nSPS) is 11.6. The fourth-order valence-corrected chi connectivity index (χ4v) is 7.27. The van der Waals surface area contributed by atoms with Crippen molar-refractivity contribution in [3.8, 4) is 0 Å². The van der Waals surface area contributed by atoms with Crippen molar-refractivity contribution < 1.29 is 0 Å². The van der Waals surface area contributed by atoms with Gasteiger partial charge in [-0.3, -0.25) is 0 Å². The lowest BCUT2D eigenvalue weighted by atomic mass is 9.43. The fraction of sp³-hybridized carbons (Fsp3) is 0.147. The van der Waals surface area contributed by atoms with Gasteiger partial charge in [0.25, 0.3) is 0 Å². The van der Waals surface area contributed by atoms with E-state index in [1.165, 1.54) is 22.1 Å². The maximum Gasteiger partial charge on any atom is 0.206 e. The minimum atomic E-state index is -0.647. The molecule has 4 aromatic carbocycles. The van der Waals surface area contributed by atoms with E-state index < -0.39 is 9.52 Å². The zero-order valence-electron chi connectivity index (χ0n) is 22.7. The molecular weight excluding hydrogens is 475 g/mol. The maximum absolute atomic E-state index is 4.34. The van der Waals surface area contributed by atoms with E-state index in [9.17, 15) is 0 Å². The first-order valence-electron chi connectivity index (χ1n) is 13.5. The molecule has 1 heterocycles. The molecule has 4 heteroatoms. The lowest BCUT2D eigenvalue weighted by molar-refractivity contribution is 0.596. The number of rotatable bonds is 8. The van der Waals surface area contributed by atoms with E-state index in [2.05, 4.69) is 170 Å². The summed E-state index contributed by atoms with van der Waals surface area (Å²) in [6.07, 6.45) is 8.26. The maximum atomic E-state index is 4.34. The smallest absolute Gasteiger partial charge is 0.206 e. The number of aromatic nitrogens is 2. The van der Waals surface area contributed by atoms with E-state index in [0.717, 1.165) is 0 Å². The third-order valence-electron chi connectivity index (χ3n) is 6.98. The van der Waals surface area contributed by atoms with Crippen LogP contribution in [0.25, 0.3) is 0 Å². The van der Waals surface area contributed by atoms with Gasteiger partial charge in [-0.2, -0.15) is 0 Å². The molecule has 38 heavy (non-hydrogen) atoms. The highest BCUT2D eigenvalue weighted by Gasteiger charge is 2.34. The summed E-state index contributed by atoms with van der Waals surface area (Å²) in [5.41, 5.74) is 7.84. The summed E-state index contributed by atoms with van der Waals surface area (Å²) in [6, 6.07) is 42.8. The van der Waals surface area contributed by atoms with Crippen LogP contribution < -0.4 is 10.9 Å². The van der Waals surface area contributed by atoms with Crippen molar-refractivity contribution in [1.82, 2.24) is 9.55 Å². The van der Waals surface area contributed by atoms with Crippen LogP contribution in [0.4, 0.5) is 0 Å². The van der Waals surface area contributed by atoms with Crippen molar-refractivity contribution in [2.75, 3.05) is 0 Å². The average Bonchev–Trinajstić information content (AvgIpc) is 3.53. The Kier molecular flexibility index (Phi) is 9.72. The Balaban J connectivity index is 0.000000204. The second-order valence-corrected chi connectivity index (χ2v) is 11.9. The number of imidazole rings is 1. The van der Waals surface area contributed by atoms with Gasteiger partial charge in [-0.15, -0.1) is 5.70 Å². The summed E-state index contributed by atoms with van der Waals surface area (Å²) < 4.78 is 2.29. The summed E-state index contributed by atoms with van der Waals surface area (Å²) in [4.78, 5) is 4.34. The monoisotopic (exact) mass is 512 g/mol. The lowest BCUT2D eigenvalue weighted by Crippen LogP contribution is -2.41. The zero-order valence-corrected chi connectivity index (χ0v) is 24.1. The van der Waals surface area contributed by atoms with E-state index in [0.29, 0.717) is 12.6 Å². The number of allylic oxidation sites excluding steroid dienone is 1. The van der Waals surface area contributed by atoms with Crippen molar-refractivity contribution in [2.24, 2.45) is 5.92 Å².